The standard InChI is InChI=1S/C14H14FNO2S/c1-9-10(5-6-18-9)8-16(2)14(17)12-7-11(19)3-4-13(12)15/h3-7,19H,8H2,1-2H3. The van der Waals surface area contributed by atoms with Crippen molar-refractivity contribution >= 4 is 18.5 Å². The maximum Gasteiger partial charge on any atom is 0.256 e. The number of thiol groups is 1. The molecule has 0 bridgehead atoms. The van der Waals surface area contributed by atoms with Crippen LogP contribution in [0.25, 0.3) is 0 Å². The summed E-state index contributed by atoms with van der Waals surface area (Å²) in [5.74, 6) is -0.171. The van der Waals surface area contributed by atoms with E-state index in [9.17, 15) is 9.18 Å². The molecule has 0 aliphatic carbocycles. The van der Waals surface area contributed by atoms with Gasteiger partial charge in [0.15, 0.2) is 0 Å². The second-order valence-electron chi connectivity index (χ2n) is 4.33. The minimum atomic E-state index is -0.543. The average Bonchev–Trinajstić information content (AvgIpc) is 2.77. The summed E-state index contributed by atoms with van der Waals surface area (Å²) in [5.41, 5.74) is 0.925. The Kier molecular flexibility index (Phi) is 3.95. The van der Waals surface area contributed by atoms with Gasteiger partial charge in [0, 0.05) is 24.1 Å². The highest BCUT2D eigenvalue weighted by Crippen LogP contribution is 2.17. The summed E-state index contributed by atoms with van der Waals surface area (Å²) in [4.78, 5) is 14.2. The van der Waals surface area contributed by atoms with Crippen LogP contribution in [-0.4, -0.2) is 17.9 Å². The van der Waals surface area contributed by atoms with E-state index in [-0.39, 0.29) is 11.5 Å². The van der Waals surface area contributed by atoms with Crippen LogP contribution in [0.2, 0.25) is 0 Å². The Morgan fingerprint density at radius 3 is 2.79 bits per heavy atom. The second-order valence-corrected chi connectivity index (χ2v) is 4.84. The smallest absolute Gasteiger partial charge is 0.256 e. The number of carbonyl (C=O) groups is 1. The first-order chi connectivity index (χ1) is 8.99. The van der Waals surface area contributed by atoms with Crippen LogP contribution < -0.4 is 0 Å². The third kappa shape index (κ3) is 2.98. The van der Waals surface area contributed by atoms with Crippen molar-refractivity contribution in [3.8, 4) is 0 Å². The third-order valence-corrected chi connectivity index (χ3v) is 3.18. The summed E-state index contributed by atoms with van der Waals surface area (Å²) >= 11 is 4.12. The Morgan fingerprint density at radius 2 is 2.16 bits per heavy atom. The fraction of sp³-hybridized carbons (Fsp3) is 0.214. The monoisotopic (exact) mass is 279 g/mol. The van der Waals surface area contributed by atoms with E-state index in [1.165, 1.54) is 23.1 Å². The first-order valence-electron chi connectivity index (χ1n) is 5.76. The highest BCUT2D eigenvalue weighted by molar-refractivity contribution is 7.80. The van der Waals surface area contributed by atoms with Crippen LogP contribution in [0.4, 0.5) is 4.39 Å². The first-order valence-corrected chi connectivity index (χ1v) is 6.20. The van der Waals surface area contributed by atoms with Crippen molar-refractivity contribution in [3.63, 3.8) is 0 Å². The van der Waals surface area contributed by atoms with E-state index in [1.807, 2.05) is 6.92 Å². The zero-order valence-electron chi connectivity index (χ0n) is 10.7. The summed E-state index contributed by atoms with van der Waals surface area (Å²) in [5, 5.41) is 0. The first kappa shape index (κ1) is 13.7. The highest BCUT2D eigenvalue weighted by atomic mass is 32.1. The van der Waals surface area contributed by atoms with E-state index in [0.717, 1.165) is 11.3 Å². The Hall–Kier alpha value is -1.75. The lowest BCUT2D eigenvalue weighted by molar-refractivity contribution is 0.0779. The van der Waals surface area contributed by atoms with Gasteiger partial charge in [-0.1, -0.05) is 0 Å². The molecule has 1 aromatic heterocycles. The number of rotatable bonds is 3. The van der Waals surface area contributed by atoms with E-state index in [1.54, 1.807) is 19.4 Å². The van der Waals surface area contributed by atoms with Gasteiger partial charge in [-0.05, 0) is 31.2 Å². The molecule has 1 amide bonds. The van der Waals surface area contributed by atoms with E-state index < -0.39 is 5.82 Å². The molecular formula is C14H14FNO2S. The predicted molar refractivity (Wildman–Crippen MR) is 72.9 cm³/mol. The SMILES string of the molecule is Cc1occc1CN(C)C(=O)c1cc(S)ccc1F. The summed E-state index contributed by atoms with van der Waals surface area (Å²) in [6, 6.07) is 5.98. The Labute approximate surface area is 116 Å². The highest BCUT2D eigenvalue weighted by Gasteiger charge is 2.17. The molecule has 0 atom stereocenters. The lowest BCUT2D eigenvalue weighted by Gasteiger charge is -2.17. The molecule has 1 aromatic carbocycles. The van der Waals surface area contributed by atoms with Gasteiger partial charge in [-0.15, -0.1) is 12.6 Å². The van der Waals surface area contributed by atoms with Crippen molar-refractivity contribution in [1.29, 1.82) is 0 Å². The van der Waals surface area contributed by atoms with Gasteiger partial charge in [-0.3, -0.25) is 4.79 Å². The van der Waals surface area contributed by atoms with Crippen LogP contribution in [-0.2, 0) is 6.54 Å². The molecule has 3 nitrogen and oxygen atoms in total. The molecule has 2 rings (SSSR count). The fourth-order valence-corrected chi connectivity index (χ4v) is 1.99. The van der Waals surface area contributed by atoms with Gasteiger partial charge in [-0.2, -0.15) is 0 Å². The molecule has 0 spiro atoms. The largest absolute Gasteiger partial charge is 0.469 e. The molecule has 0 aliphatic heterocycles. The maximum atomic E-state index is 13.6. The van der Waals surface area contributed by atoms with Gasteiger partial charge >= 0.3 is 0 Å². The summed E-state index contributed by atoms with van der Waals surface area (Å²) in [7, 11) is 1.62. The number of hydrogen-bond donors (Lipinski definition) is 1. The minimum absolute atomic E-state index is 0.0242. The molecule has 0 saturated heterocycles. The topological polar surface area (TPSA) is 33.5 Å². The number of hydrogen-bond acceptors (Lipinski definition) is 3. The Bertz CT molecular complexity index is 609. The van der Waals surface area contributed by atoms with Crippen molar-refractivity contribution in [2.45, 2.75) is 18.4 Å². The Morgan fingerprint density at radius 1 is 1.42 bits per heavy atom. The van der Waals surface area contributed by atoms with Crippen LogP contribution in [0.5, 0.6) is 0 Å². The molecular weight excluding hydrogens is 265 g/mol. The van der Waals surface area contributed by atoms with Gasteiger partial charge in [0.25, 0.3) is 5.91 Å². The van der Waals surface area contributed by atoms with Gasteiger partial charge in [-0.25, -0.2) is 4.39 Å². The molecule has 1 heterocycles. The van der Waals surface area contributed by atoms with Gasteiger partial charge in [0.2, 0.25) is 0 Å². The van der Waals surface area contributed by atoms with E-state index in [4.69, 9.17) is 4.42 Å². The van der Waals surface area contributed by atoms with Gasteiger partial charge in [0.05, 0.1) is 11.8 Å². The number of amides is 1. The Balaban J connectivity index is 2.19. The molecule has 0 aliphatic rings. The molecule has 100 valence electrons. The molecule has 0 unspecified atom stereocenters. The van der Waals surface area contributed by atoms with Crippen molar-refractivity contribution in [2.75, 3.05) is 7.05 Å². The molecule has 2 aromatic rings. The van der Waals surface area contributed by atoms with Gasteiger partial charge in [0.1, 0.15) is 11.6 Å². The number of nitrogens with zero attached hydrogens (tertiary/aromatic N) is 1. The fourth-order valence-electron chi connectivity index (χ4n) is 1.79. The number of carbonyl (C=O) groups excluding carboxylic acids is 1. The summed E-state index contributed by atoms with van der Waals surface area (Å²) in [6.45, 7) is 2.19. The third-order valence-electron chi connectivity index (χ3n) is 2.90. The van der Waals surface area contributed by atoms with Crippen LogP contribution >= 0.6 is 12.6 Å². The molecule has 0 N–H and O–H groups in total. The normalized spacial score (nSPS) is 10.5. The molecule has 0 saturated carbocycles. The number of aryl methyl sites for hydroxylation is 1. The van der Waals surface area contributed by atoms with Crippen molar-refractivity contribution in [1.82, 2.24) is 4.90 Å². The van der Waals surface area contributed by atoms with Crippen LogP contribution in [0.15, 0.2) is 39.8 Å². The van der Waals surface area contributed by atoms with E-state index in [0.29, 0.717) is 11.4 Å². The second kappa shape index (κ2) is 5.48. The number of halogens is 1. The van der Waals surface area contributed by atoms with Crippen molar-refractivity contribution in [2.24, 2.45) is 0 Å². The zero-order chi connectivity index (χ0) is 14.0. The molecule has 5 heteroatoms. The number of furan rings is 1. The van der Waals surface area contributed by atoms with Crippen molar-refractivity contribution in [3.05, 3.63) is 53.2 Å². The number of benzene rings is 1. The van der Waals surface area contributed by atoms with Crippen molar-refractivity contribution < 1.29 is 13.6 Å². The summed E-state index contributed by atoms with van der Waals surface area (Å²) in [6.07, 6.45) is 1.57. The zero-order valence-corrected chi connectivity index (χ0v) is 11.6. The maximum absolute atomic E-state index is 13.6. The van der Waals surface area contributed by atoms with E-state index >= 15 is 0 Å². The predicted octanol–water partition coefficient (Wildman–Crippen LogP) is 3.29. The lowest BCUT2D eigenvalue weighted by Crippen LogP contribution is -2.27. The van der Waals surface area contributed by atoms with E-state index in [2.05, 4.69) is 12.6 Å². The van der Waals surface area contributed by atoms with Crippen LogP contribution in [0.3, 0.4) is 0 Å². The van der Waals surface area contributed by atoms with Crippen LogP contribution in [0.1, 0.15) is 21.7 Å². The average molecular weight is 279 g/mol. The minimum Gasteiger partial charge on any atom is -0.469 e. The molecule has 19 heavy (non-hydrogen) atoms. The summed E-state index contributed by atoms with van der Waals surface area (Å²) < 4.78 is 18.8. The molecule has 0 radical (unpaired) electrons. The van der Waals surface area contributed by atoms with Crippen LogP contribution in [0, 0.1) is 12.7 Å². The molecule has 0 fully saturated rings. The lowest BCUT2D eigenvalue weighted by atomic mass is 10.1. The van der Waals surface area contributed by atoms with Gasteiger partial charge < -0.3 is 9.32 Å². The quantitative estimate of drug-likeness (QED) is 0.875.